The molecule has 0 aliphatic heterocycles. The molecule has 0 saturated carbocycles. The molecule has 3 rings (SSSR count). The van der Waals surface area contributed by atoms with Crippen LogP contribution in [0.5, 0.6) is 0 Å². The predicted molar refractivity (Wildman–Crippen MR) is 89.5 cm³/mol. The van der Waals surface area contributed by atoms with E-state index in [4.69, 9.17) is 5.11 Å². The quantitative estimate of drug-likeness (QED) is 0.871. The monoisotopic (exact) mass is 345 g/mol. The number of aromatic nitrogens is 2. The average molecular weight is 345 g/mol. The summed E-state index contributed by atoms with van der Waals surface area (Å²) < 4.78 is 15.8. The highest BCUT2D eigenvalue weighted by molar-refractivity contribution is 5.94. The fourth-order valence-electron chi connectivity index (χ4n) is 3.21. The number of hydrogen-bond donors (Lipinski definition) is 2. The maximum Gasteiger partial charge on any atom is 0.305 e. The van der Waals surface area contributed by atoms with Crippen molar-refractivity contribution in [2.75, 3.05) is 0 Å². The zero-order valence-corrected chi connectivity index (χ0v) is 14.2. The van der Waals surface area contributed by atoms with Gasteiger partial charge in [0.1, 0.15) is 11.5 Å². The van der Waals surface area contributed by atoms with Crippen LogP contribution in [0.2, 0.25) is 0 Å². The molecular formula is C18H20FN3O3. The molecule has 6 nitrogen and oxygen atoms in total. The molecule has 1 aromatic carbocycles. The van der Waals surface area contributed by atoms with Crippen LogP contribution in [0.4, 0.5) is 4.39 Å². The number of fused-ring (bicyclic) bond motifs is 1. The lowest BCUT2D eigenvalue weighted by atomic mass is 10.1. The van der Waals surface area contributed by atoms with E-state index in [1.165, 1.54) is 10.7 Å². The number of carboxylic acids is 1. The Morgan fingerprint density at radius 3 is 2.84 bits per heavy atom. The molecule has 0 spiro atoms. The zero-order valence-electron chi connectivity index (χ0n) is 14.2. The Morgan fingerprint density at radius 1 is 1.40 bits per heavy atom. The lowest BCUT2D eigenvalue weighted by Gasteiger charge is -2.10. The van der Waals surface area contributed by atoms with Crippen LogP contribution in [0.3, 0.4) is 0 Å². The van der Waals surface area contributed by atoms with Gasteiger partial charge in [-0.3, -0.25) is 9.59 Å². The number of nitrogens with one attached hydrogen (secondary N) is 1. The van der Waals surface area contributed by atoms with Gasteiger partial charge in [-0.25, -0.2) is 9.07 Å². The Labute approximate surface area is 144 Å². The first-order chi connectivity index (χ1) is 11.9. The van der Waals surface area contributed by atoms with Crippen LogP contribution < -0.4 is 5.32 Å². The lowest BCUT2D eigenvalue weighted by Crippen LogP contribution is -2.35. The Kier molecular flexibility index (Phi) is 4.57. The predicted octanol–water partition coefficient (Wildman–Crippen LogP) is 2.40. The number of halogens is 1. The van der Waals surface area contributed by atoms with E-state index in [0.717, 1.165) is 29.7 Å². The second-order valence-corrected chi connectivity index (χ2v) is 6.47. The van der Waals surface area contributed by atoms with Crippen molar-refractivity contribution in [3.05, 3.63) is 46.5 Å². The van der Waals surface area contributed by atoms with Crippen molar-refractivity contribution in [2.24, 2.45) is 0 Å². The fraction of sp³-hybridized carbons (Fsp3) is 0.389. The standard InChI is InChI=1S/C18H20FN3O3/c1-10-6-7-15(13(19)8-10)22-14-5-3-4-12(14)17(21-22)18(25)20-11(2)9-16(23)24/h6-8,11H,3-5,9H2,1-2H3,(H,20,25)(H,23,24). The number of amides is 1. The summed E-state index contributed by atoms with van der Waals surface area (Å²) in [7, 11) is 0. The minimum Gasteiger partial charge on any atom is -0.481 e. The van der Waals surface area contributed by atoms with Crippen molar-refractivity contribution < 1.29 is 19.1 Å². The third-order valence-corrected chi connectivity index (χ3v) is 4.33. The van der Waals surface area contributed by atoms with Crippen molar-refractivity contribution in [1.82, 2.24) is 15.1 Å². The molecule has 2 N–H and O–H groups in total. The molecule has 1 aromatic heterocycles. The summed E-state index contributed by atoms with van der Waals surface area (Å²) in [6, 6.07) is 4.39. The van der Waals surface area contributed by atoms with Crippen molar-refractivity contribution in [3.63, 3.8) is 0 Å². The number of aliphatic carboxylic acids is 1. The van der Waals surface area contributed by atoms with Gasteiger partial charge < -0.3 is 10.4 Å². The highest BCUT2D eigenvalue weighted by Crippen LogP contribution is 2.29. The van der Waals surface area contributed by atoms with Crippen LogP contribution in [0, 0.1) is 12.7 Å². The van der Waals surface area contributed by atoms with Gasteiger partial charge in [0, 0.05) is 17.3 Å². The van der Waals surface area contributed by atoms with E-state index in [1.54, 1.807) is 19.1 Å². The van der Waals surface area contributed by atoms with E-state index >= 15 is 0 Å². The number of carbonyl (C=O) groups excluding carboxylic acids is 1. The van der Waals surface area contributed by atoms with Gasteiger partial charge in [0.05, 0.1) is 6.42 Å². The van der Waals surface area contributed by atoms with E-state index in [0.29, 0.717) is 12.1 Å². The topological polar surface area (TPSA) is 84.2 Å². The van der Waals surface area contributed by atoms with E-state index < -0.39 is 17.9 Å². The highest BCUT2D eigenvalue weighted by atomic mass is 19.1. The minimum atomic E-state index is -0.981. The second-order valence-electron chi connectivity index (χ2n) is 6.47. The summed E-state index contributed by atoms with van der Waals surface area (Å²) in [5, 5.41) is 15.8. The SMILES string of the molecule is Cc1ccc(-n2nc(C(=O)NC(C)CC(=O)O)c3c2CCC3)c(F)c1. The number of nitrogens with zero attached hydrogens (tertiary/aromatic N) is 2. The molecule has 1 unspecified atom stereocenters. The molecule has 1 amide bonds. The molecule has 1 aliphatic carbocycles. The van der Waals surface area contributed by atoms with Gasteiger partial charge in [-0.1, -0.05) is 6.07 Å². The van der Waals surface area contributed by atoms with E-state index in [9.17, 15) is 14.0 Å². The summed E-state index contributed by atoms with van der Waals surface area (Å²) in [5.41, 5.74) is 3.05. The normalized spacial score (nSPS) is 14.2. The van der Waals surface area contributed by atoms with Crippen LogP contribution >= 0.6 is 0 Å². The summed E-state index contributed by atoms with van der Waals surface area (Å²) >= 11 is 0. The molecule has 1 aliphatic rings. The van der Waals surface area contributed by atoms with E-state index in [2.05, 4.69) is 10.4 Å². The van der Waals surface area contributed by atoms with Gasteiger partial charge in [-0.05, 0) is 50.8 Å². The molecule has 1 heterocycles. The third kappa shape index (κ3) is 3.40. The second kappa shape index (κ2) is 6.66. The Morgan fingerprint density at radius 2 is 2.16 bits per heavy atom. The number of hydrogen-bond acceptors (Lipinski definition) is 3. The molecule has 0 fully saturated rings. The number of benzene rings is 1. The molecule has 0 bridgehead atoms. The first-order valence-corrected chi connectivity index (χ1v) is 8.26. The molecule has 2 aromatic rings. The van der Waals surface area contributed by atoms with Crippen LogP contribution in [0.25, 0.3) is 5.69 Å². The van der Waals surface area contributed by atoms with Crippen LogP contribution in [0.1, 0.15) is 47.1 Å². The molecule has 0 radical (unpaired) electrons. The largest absolute Gasteiger partial charge is 0.481 e. The number of aryl methyl sites for hydroxylation is 1. The Hall–Kier alpha value is -2.70. The maximum absolute atomic E-state index is 14.3. The summed E-state index contributed by atoms with van der Waals surface area (Å²) in [6.07, 6.45) is 2.15. The lowest BCUT2D eigenvalue weighted by molar-refractivity contribution is -0.137. The summed E-state index contributed by atoms with van der Waals surface area (Å²) in [4.78, 5) is 23.3. The van der Waals surface area contributed by atoms with Gasteiger partial charge in [0.15, 0.2) is 5.69 Å². The summed E-state index contributed by atoms with van der Waals surface area (Å²) in [5.74, 6) is -1.79. The Balaban J connectivity index is 1.95. The first-order valence-electron chi connectivity index (χ1n) is 8.26. The van der Waals surface area contributed by atoms with Gasteiger partial charge >= 0.3 is 5.97 Å². The molecule has 1 atom stereocenters. The van der Waals surface area contributed by atoms with Crippen LogP contribution in [-0.4, -0.2) is 32.8 Å². The van der Waals surface area contributed by atoms with Crippen molar-refractivity contribution in [3.8, 4) is 5.69 Å². The van der Waals surface area contributed by atoms with Crippen molar-refractivity contribution in [2.45, 2.75) is 45.6 Å². The average Bonchev–Trinajstić information content (AvgIpc) is 3.08. The molecule has 0 saturated heterocycles. The number of rotatable bonds is 5. The minimum absolute atomic E-state index is 0.165. The highest BCUT2D eigenvalue weighted by Gasteiger charge is 2.28. The fourth-order valence-corrected chi connectivity index (χ4v) is 3.21. The van der Waals surface area contributed by atoms with Gasteiger partial charge in [0.25, 0.3) is 5.91 Å². The van der Waals surface area contributed by atoms with Crippen LogP contribution in [0.15, 0.2) is 18.2 Å². The number of carbonyl (C=O) groups is 2. The molecule has 25 heavy (non-hydrogen) atoms. The molecule has 132 valence electrons. The molecular weight excluding hydrogens is 325 g/mol. The van der Waals surface area contributed by atoms with Crippen molar-refractivity contribution in [1.29, 1.82) is 0 Å². The van der Waals surface area contributed by atoms with E-state index in [1.807, 2.05) is 6.92 Å². The van der Waals surface area contributed by atoms with Gasteiger partial charge in [0.2, 0.25) is 0 Å². The van der Waals surface area contributed by atoms with E-state index in [-0.39, 0.29) is 17.9 Å². The van der Waals surface area contributed by atoms with Gasteiger partial charge in [-0.15, -0.1) is 0 Å². The zero-order chi connectivity index (χ0) is 18.1. The smallest absolute Gasteiger partial charge is 0.305 e. The first kappa shape index (κ1) is 17.1. The number of carboxylic acid groups (broad SMARTS) is 1. The Bertz CT molecular complexity index is 844. The van der Waals surface area contributed by atoms with Crippen LogP contribution in [-0.2, 0) is 17.6 Å². The maximum atomic E-state index is 14.3. The third-order valence-electron chi connectivity index (χ3n) is 4.33. The summed E-state index contributed by atoms with van der Waals surface area (Å²) in [6.45, 7) is 3.44. The van der Waals surface area contributed by atoms with Gasteiger partial charge in [-0.2, -0.15) is 5.10 Å². The van der Waals surface area contributed by atoms with Crippen molar-refractivity contribution >= 4 is 11.9 Å². The molecule has 7 heteroatoms.